The molecule has 1 aliphatic heterocycles. The standard InChI is InChI=1S/C57H92O12/c1-4-7-10-13-16-19-21-23-25-27-29-32-34-37-40-43-49(58)65-46-48(67-50(59)44-41-38-35-31-18-15-12-9-6-3)47-66-57-55(53(62)52(61)54(69-57)56(63)64)68-51(60)45-42-39-36-33-30-28-26-24-22-20-17-14-11-8-5-2/h8,11,16-17,19-20,23-26,30,33,39,42,48,52-55,57,61-62H,4-7,9-10,12-15,18,21-22,27-29,31-32,34-38,40-41,43-47H2,1-3H3,(H,63,64)/b11-8-,19-16-,20-17-,25-23-,26-24-,33-30-,42-39-. The SMILES string of the molecule is CC/C=C\C/C=C\C/C=C\C/C=C\C/C=C\CC(=O)OC1C(OCC(COC(=O)CCCCCCC/C=C\C/C=C\CCCCC)OC(=O)CCCCCCCCCCC)OC(C(=O)O)C(O)C1O. The zero-order valence-corrected chi connectivity index (χ0v) is 42.8. The quantitative estimate of drug-likeness (QED) is 0.0229. The van der Waals surface area contributed by atoms with Gasteiger partial charge in [0.15, 0.2) is 24.6 Å². The summed E-state index contributed by atoms with van der Waals surface area (Å²) in [6.45, 7) is 5.74. The van der Waals surface area contributed by atoms with Gasteiger partial charge in [-0.05, 0) is 77.0 Å². The molecule has 0 amide bonds. The summed E-state index contributed by atoms with van der Waals surface area (Å²) in [6.07, 6.45) is 44.6. The van der Waals surface area contributed by atoms with Crippen molar-refractivity contribution in [3.63, 3.8) is 0 Å². The number of carboxylic acids is 1. The summed E-state index contributed by atoms with van der Waals surface area (Å²) in [5.41, 5.74) is 0. The lowest BCUT2D eigenvalue weighted by Crippen LogP contribution is -2.61. The van der Waals surface area contributed by atoms with Gasteiger partial charge in [0.1, 0.15) is 18.8 Å². The van der Waals surface area contributed by atoms with E-state index in [-0.39, 0.29) is 25.9 Å². The van der Waals surface area contributed by atoms with E-state index in [1.807, 2.05) is 12.2 Å². The van der Waals surface area contributed by atoms with Crippen molar-refractivity contribution >= 4 is 23.9 Å². The molecule has 3 N–H and O–H groups in total. The molecule has 0 bridgehead atoms. The van der Waals surface area contributed by atoms with Gasteiger partial charge in [-0.15, -0.1) is 0 Å². The van der Waals surface area contributed by atoms with Gasteiger partial charge in [-0.2, -0.15) is 0 Å². The number of aliphatic carboxylic acids is 1. The number of unbranched alkanes of at least 4 members (excludes halogenated alkanes) is 16. The van der Waals surface area contributed by atoms with Gasteiger partial charge in [-0.1, -0.05) is 189 Å². The molecule has 1 aliphatic rings. The van der Waals surface area contributed by atoms with Gasteiger partial charge in [0.05, 0.1) is 13.0 Å². The van der Waals surface area contributed by atoms with Crippen LogP contribution in [0.3, 0.4) is 0 Å². The molecule has 1 saturated heterocycles. The number of allylic oxidation sites excluding steroid dienone is 13. The summed E-state index contributed by atoms with van der Waals surface area (Å²) < 4.78 is 28.1. The van der Waals surface area contributed by atoms with Crippen LogP contribution in [-0.2, 0) is 42.9 Å². The number of ether oxygens (including phenoxy) is 5. The second kappa shape index (κ2) is 45.1. The van der Waals surface area contributed by atoms with Gasteiger partial charge in [0.25, 0.3) is 0 Å². The number of esters is 3. The molecule has 12 heteroatoms. The van der Waals surface area contributed by atoms with Crippen molar-refractivity contribution in [3.05, 3.63) is 85.1 Å². The number of hydrogen-bond donors (Lipinski definition) is 3. The second-order valence-electron chi connectivity index (χ2n) is 17.8. The zero-order chi connectivity index (χ0) is 50.4. The van der Waals surface area contributed by atoms with Crippen molar-refractivity contribution in [2.75, 3.05) is 13.2 Å². The van der Waals surface area contributed by atoms with E-state index in [1.165, 1.54) is 51.4 Å². The third kappa shape index (κ3) is 35.6. The predicted molar refractivity (Wildman–Crippen MR) is 275 cm³/mol. The number of rotatable bonds is 43. The van der Waals surface area contributed by atoms with Crippen molar-refractivity contribution < 1.29 is 58.2 Å². The molecule has 392 valence electrons. The first kappa shape index (κ1) is 62.9. The van der Waals surface area contributed by atoms with Crippen molar-refractivity contribution in [1.82, 2.24) is 0 Å². The molecule has 6 unspecified atom stereocenters. The lowest BCUT2D eigenvalue weighted by Gasteiger charge is -2.40. The van der Waals surface area contributed by atoms with Gasteiger partial charge in [0.2, 0.25) is 0 Å². The largest absolute Gasteiger partial charge is 0.479 e. The van der Waals surface area contributed by atoms with E-state index in [1.54, 1.807) is 12.2 Å². The molecular weight excluding hydrogens is 877 g/mol. The van der Waals surface area contributed by atoms with Crippen LogP contribution >= 0.6 is 0 Å². The molecule has 0 saturated carbocycles. The van der Waals surface area contributed by atoms with E-state index in [0.29, 0.717) is 19.3 Å². The molecule has 0 aromatic heterocycles. The lowest BCUT2D eigenvalue weighted by atomic mass is 9.98. The van der Waals surface area contributed by atoms with Crippen molar-refractivity contribution in [2.24, 2.45) is 0 Å². The Morgan fingerprint density at radius 1 is 0.507 bits per heavy atom. The van der Waals surface area contributed by atoms with E-state index >= 15 is 0 Å². The topological polar surface area (TPSA) is 175 Å². The molecule has 6 atom stereocenters. The van der Waals surface area contributed by atoms with Gasteiger partial charge in [-0.3, -0.25) is 14.4 Å². The summed E-state index contributed by atoms with van der Waals surface area (Å²) in [6, 6.07) is 0. The van der Waals surface area contributed by atoms with E-state index in [9.17, 15) is 34.5 Å². The molecule has 1 rings (SSSR count). The van der Waals surface area contributed by atoms with Gasteiger partial charge in [0, 0.05) is 12.8 Å². The Kier molecular flexibility index (Phi) is 41.1. The van der Waals surface area contributed by atoms with Crippen LogP contribution < -0.4 is 0 Å². The van der Waals surface area contributed by atoms with Gasteiger partial charge >= 0.3 is 23.9 Å². The van der Waals surface area contributed by atoms with Crippen LogP contribution in [-0.4, -0.2) is 89.2 Å². The van der Waals surface area contributed by atoms with E-state index in [4.69, 9.17) is 23.7 Å². The average molecular weight is 969 g/mol. The Hall–Kier alpha value is -4.10. The van der Waals surface area contributed by atoms with E-state index in [2.05, 4.69) is 81.5 Å². The minimum atomic E-state index is -1.94. The van der Waals surface area contributed by atoms with Gasteiger partial charge in [-0.25, -0.2) is 4.79 Å². The molecule has 1 heterocycles. The number of carbonyl (C=O) groups is 4. The predicted octanol–water partition coefficient (Wildman–Crippen LogP) is 12.8. The molecule has 0 spiro atoms. The first-order valence-electron chi connectivity index (χ1n) is 26.6. The maximum atomic E-state index is 13.0. The van der Waals surface area contributed by atoms with Crippen LogP contribution in [0.25, 0.3) is 0 Å². The Morgan fingerprint density at radius 3 is 1.49 bits per heavy atom. The molecule has 0 radical (unpaired) electrons. The molecule has 0 aromatic carbocycles. The lowest BCUT2D eigenvalue weighted by molar-refractivity contribution is -0.301. The van der Waals surface area contributed by atoms with Crippen molar-refractivity contribution in [2.45, 2.75) is 237 Å². The number of carboxylic acid groups (broad SMARTS) is 1. The van der Waals surface area contributed by atoms with E-state index in [0.717, 1.165) is 89.9 Å². The molecule has 1 fully saturated rings. The molecule has 12 nitrogen and oxygen atoms in total. The van der Waals surface area contributed by atoms with E-state index < -0.39 is 67.3 Å². The highest BCUT2D eigenvalue weighted by Gasteiger charge is 2.50. The highest BCUT2D eigenvalue weighted by Crippen LogP contribution is 2.26. The van der Waals surface area contributed by atoms with Crippen LogP contribution in [0.4, 0.5) is 0 Å². The monoisotopic (exact) mass is 969 g/mol. The molecule has 0 aliphatic carbocycles. The summed E-state index contributed by atoms with van der Waals surface area (Å²) in [5.74, 6) is -3.31. The number of carbonyl (C=O) groups excluding carboxylic acids is 3. The first-order chi connectivity index (χ1) is 33.6. The first-order valence-corrected chi connectivity index (χ1v) is 26.6. The number of hydrogen-bond acceptors (Lipinski definition) is 11. The zero-order valence-electron chi connectivity index (χ0n) is 42.8. The summed E-state index contributed by atoms with van der Waals surface area (Å²) >= 11 is 0. The van der Waals surface area contributed by atoms with Crippen LogP contribution in [0, 0.1) is 0 Å². The maximum Gasteiger partial charge on any atom is 0.335 e. The molecule has 0 aromatic rings. The Labute approximate surface area is 416 Å². The Morgan fingerprint density at radius 2 is 0.957 bits per heavy atom. The highest BCUT2D eigenvalue weighted by atomic mass is 16.7. The Bertz CT molecular complexity index is 1530. The Balaban J connectivity index is 2.77. The van der Waals surface area contributed by atoms with Crippen LogP contribution in [0.2, 0.25) is 0 Å². The second-order valence-corrected chi connectivity index (χ2v) is 17.8. The number of aliphatic hydroxyl groups is 2. The summed E-state index contributed by atoms with van der Waals surface area (Å²) in [5, 5.41) is 31.3. The fraction of sp³-hybridized carbons (Fsp3) is 0.684. The van der Waals surface area contributed by atoms with Crippen molar-refractivity contribution in [3.8, 4) is 0 Å². The fourth-order valence-electron chi connectivity index (χ4n) is 7.41. The van der Waals surface area contributed by atoms with Crippen molar-refractivity contribution in [1.29, 1.82) is 0 Å². The smallest absolute Gasteiger partial charge is 0.335 e. The summed E-state index contributed by atoms with van der Waals surface area (Å²) in [4.78, 5) is 50.7. The third-order valence-electron chi connectivity index (χ3n) is 11.5. The average Bonchev–Trinajstić information content (AvgIpc) is 3.33. The van der Waals surface area contributed by atoms with Gasteiger partial charge < -0.3 is 39.0 Å². The maximum absolute atomic E-state index is 13.0. The molecular formula is C57H92O12. The molecule has 69 heavy (non-hydrogen) atoms. The van der Waals surface area contributed by atoms with Crippen LogP contribution in [0.15, 0.2) is 85.1 Å². The fourth-order valence-corrected chi connectivity index (χ4v) is 7.41. The van der Waals surface area contributed by atoms with Crippen LogP contribution in [0.1, 0.15) is 201 Å². The normalized spacial score (nSPS) is 19.3. The minimum Gasteiger partial charge on any atom is -0.479 e. The minimum absolute atomic E-state index is 0.147. The third-order valence-corrected chi connectivity index (χ3v) is 11.5. The highest BCUT2D eigenvalue weighted by molar-refractivity contribution is 5.74. The van der Waals surface area contributed by atoms with Crippen LogP contribution in [0.5, 0.6) is 0 Å². The number of aliphatic hydroxyl groups excluding tert-OH is 2. The summed E-state index contributed by atoms with van der Waals surface area (Å²) in [7, 11) is 0.